The van der Waals surface area contributed by atoms with Crippen LogP contribution in [0.5, 0.6) is 0 Å². The molecule has 0 saturated carbocycles. The van der Waals surface area contributed by atoms with Crippen LogP contribution in [0.25, 0.3) is 33.4 Å². The Morgan fingerprint density at radius 3 is 1.38 bits per heavy atom. The van der Waals surface area contributed by atoms with E-state index in [4.69, 9.17) is 0 Å². The maximum Gasteiger partial charge on any atom is 0.0744 e. The van der Waals surface area contributed by atoms with E-state index in [9.17, 15) is 0 Å². The molecule has 0 saturated heterocycles. The van der Waals surface area contributed by atoms with Crippen molar-refractivity contribution in [3.63, 3.8) is 0 Å². The molecule has 0 bridgehead atoms. The summed E-state index contributed by atoms with van der Waals surface area (Å²) in [7, 11) is 0. The van der Waals surface area contributed by atoms with Gasteiger partial charge in [-0.2, -0.15) is 0 Å². The molecule has 50 heavy (non-hydrogen) atoms. The van der Waals surface area contributed by atoms with Crippen molar-refractivity contribution in [1.29, 1.82) is 0 Å². The summed E-state index contributed by atoms with van der Waals surface area (Å²) < 4.78 is 0. The zero-order valence-corrected chi connectivity index (χ0v) is 27.4. The summed E-state index contributed by atoms with van der Waals surface area (Å²) in [5.41, 5.74) is 14.5. The van der Waals surface area contributed by atoms with Crippen LogP contribution in [0.2, 0.25) is 0 Å². The number of nitrogens with zero attached hydrogens (tertiary/aromatic N) is 3. The molecule has 0 N–H and O–H groups in total. The summed E-state index contributed by atoms with van der Waals surface area (Å²) >= 11 is 0. The number of anilines is 3. The van der Waals surface area contributed by atoms with Gasteiger partial charge in [0.25, 0.3) is 0 Å². The summed E-state index contributed by atoms with van der Waals surface area (Å²) in [5, 5.41) is 0. The number of aromatic nitrogens is 2. The normalized spacial score (nSPS) is 12.6. The van der Waals surface area contributed by atoms with Gasteiger partial charge in [0, 0.05) is 41.7 Å². The van der Waals surface area contributed by atoms with E-state index in [1.807, 2.05) is 36.9 Å². The molecule has 1 aliphatic carbocycles. The first-order chi connectivity index (χ1) is 24.8. The van der Waals surface area contributed by atoms with Gasteiger partial charge in [0.05, 0.1) is 11.1 Å². The zero-order chi connectivity index (χ0) is 33.3. The van der Waals surface area contributed by atoms with Gasteiger partial charge in [-0.05, 0) is 92.5 Å². The monoisotopic (exact) mass is 639 g/mol. The van der Waals surface area contributed by atoms with Crippen LogP contribution < -0.4 is 4.90 Å². The molecule has 3 heteroatoms. The van der Waals surface area contributed by atoms with Crippen molar-refractivity contribution in [2.45, 2.75) is 5.41 Å². The van der Waals surface area contributed by atoms with Crippen molar-refractivity contribution in [1.82, 2.24) is 9.97 Å². The van der Waals surface area contributed by atoms with E-state index < -0.39 is 5.41 Å². The third kappa shape index (κ3) is 4.83. The second-order valence-electron chi connectivity index (χ2n) is 12.6. The maximum absolute atomic E-state index is 4.63. The molecule has 0 aliphatic heterocycles. The fraction of sp³-hybridized carbons (Fsp3) is 0.0213. The van der Waals surface area contributed by atoms with Crippen LogP contribution >= 0.6 is 0 Å². The Hall–Kier alpha value is -6.58. The Morgan fingerprint density at radius 1 is 0.380 bits per heavy atom. The number of rotatable bonds is 7. The molecule has 6 aromatic carbocycles. The summed E-state index contributed by atoms with van der Waals surface area (Å²) in [6, 6.07) is 63.0. The molecule has 0 amide bonds. The molecule has 1 aliphatic rings. The van der Waals surface area contributed by atoms with Gasteiger partial charge in [-0.15, -0.1) is 0 Å². The molecule has 236 valence electrons. The molecule has 2 heterocycles. The van der Waals surface area contributed by atoms with E-state index in [0.717, 1.165) is 28.2 Å². The van der Waals surface area contributed by atoms with E-state index in [1.54, 1.807) is 0 Å². The summed E-state index contributed by atoms with van der Waals surface area (Å²) in [4.78, 5) is 11.7. The Labute approximate surface area is 292 Å². The Morgan fingerprint density at radius 2 is 0.860 bits per heavy atom. The smallest absolute Gasteiger partial charge is 0.0744 e. The van der Waals surface area contributed by atoms with E-state index in [-0.39, 0.29) is 0 Å². The lowest BCUT2D eigenvalue weighted by Gasteiger charge is -2.33. The number of fused-ring (bicyclic) bond motifs is 3. The highest BCUT2D eigenvalue weighted by atomic mass is 15.1. The van der Waals surface area contributed by atoms with Crippen molar-refractivity contribution in [2.75, 3.05) is 4.90 Å². The van der Waals surface area contributed by atoms with Crippen molar-refractivity contribution < 1.29 is 0 Å². The van der Waals surface area contributed by atoms with E-state index in [0.29, 0.717) is 0 Å². The fourth-order valence-corrected chi connectivity index (χ4v) is 7.75. The van der Waals surface area contributed by atoms with Crippen LogP contribution in [0.4, 0.5) is 17.1 Å². The average molecular weight is 640 g/mol. The number of pyridine rings is 2. The highest BCUT2D eigenvalue weighted by molar-refractivity contribution is 5.97. The number of hydrogen-bond donors (Lipinski definition) is 0. The largest absolute Gasteiger partial charge is 0.310 e. The van der Waals surface area contributed by atoms with Crippen LogP contribution in [-0.2, 0) is 5.41 Å². The van der Waals surface area contributed by atoms with Crippen molar-refractivity contribution in [3.05, 3.63) is 223 Å². The minimum Gasteiger partial charge on any atom is -0.310 e. The third-order valence-corrected chi connectivity index (χ3v) is 9.94. The summed E-state index contributed by atoms with van der Waals surface area (Å²) in [6.45, 7) is 0. The lowest BCUT2D eigenvalue weighted by atomic mass is 9.68. The molecule has 8 aromatic rings. The first-order valence-electron chi connectivity index (χ1n) is 17.0. The molecular weight excluding hydrogens is 607 g/mol. The minimum atomic E-state index is -0.593. The quantitative estimate of drug-likeness (QED) is 0.174. The van der Waals surface area contributed by atoms with Gasteiger partial charge in [0.15, 0.2) is 0 Å². The summed E-state index contributed by atoms with van der Waals surface area (Å²) in [5.74, 6) is 0. The predicted octanol–water partition coefficient (Wildman–Crippen LogP) is 11.6. The predicted molar refractivity (Wildman–Crippen MR) is 205 cm³/mol. The van der Waals surface area contributed by atoms with Gasteiger partial charge in [-0.3, -0.25) is 9.97 Å². The Bertz CT molecular complexity index is 2270. The molecule has 9 rings (SSSR count). The highest BCUT2D eigenvalue weighted by Crippen LogP contribution is 2.59. The molecule has 3 nitrogen and oxygen atoms in total. The second-order valence-corrected chi connectivity index (χ2v) is 12.6. The minimum absolute atomic E-state index is 0.593. The number of hydrogen-bond acceptors (Lipinski definition) is 3. The molecule has 0 radical (unpaired) electrons. The molecule has 2 aromatic heterocycles. The lowest BCUT2D eigenvalue weighted by molar-refractivity contribution is 0.757. The van der Waals surface area contributed by atoms with Crippen LogP contribution in [0.15, 0.2) is 201 Å². The SMILES string of the molecule is c1ccc(-c2ccc(N(c3ccc(-c4ccccc4)cc3)c3cccc4c3-c3ccccc3C4(c3cccnc3)c3cccnc3)cc2)cc1. The second kappa shape index (κ2) is 12.5. The number of benzene rings is 6. The standard InChI is InChI=1S/C47H33N3/c1-3-12-34(13-4-1)36-22-26-40(27-23-36)50(41-28-24-37(25-29-41)35-14-5-2-6-15-35)45-21-9-20-44-46(45)42-18-7-8-19-43(42)47(44,38-16-10-30-48-32-38)39-17-11-31-49-33-39/h1-33H. The first-order valence-corrected chi connectivity index (χ1v) is 17.0. The van der Waals surface area contributed by atoms with Gasteiger partial charge in [0.2, 0.25) is 0 Å². The van der Waals surface area contributed by atoms with Gasteiger partial charge in [-0.1, -0.05) is 133 Å². The van der Waals surface area contributed by atoms with Gasteiger partial charge < -0.3 is 4.90 Å². The maximum atomic E-state index is 4.63. The molecular formula is C47H33N3. The first kappa shape index (κ1) is 29.6. The van der Waals surface area contributed by atoms with E-state index in [2.05, 4.69) is 179 Å². The van der Waals surface area contributed by atoms with Crippen LogP contribution in [0, 0.1) is 0 Å². The summed E-state index contributed by atoms with van der Waals surface area (Å²) in [6.07, 6.45) is 7.71. The van der Waals surface area contributed by atoms with Crippen molar-refractivity contribution in [3.8, 4) is 33.4 Å². The average Bonchev–Trinajstić information content (AvgIpc) is 3.52. The lowest BCUT2D eigenvalue weighted by Crippen LogP contribution is -2.29. The van der Waals surface area contributed by atoms with Crippen LogP contribution in [-0.4, -0.2) is 9.97 Å². The van der Waals surface area contributed by atoms with Gasteiger partial charge in [-0.25, -0.2) is 0 Å². The Balaban J connectivity index is 1.29. The highest BCUT2D eigenvalue weighted by Gasteiger charge is 2.47. The van der Waals surface area contributed by atoms with Gasteiger partial charge >= 0.3 is 0 Å². The van der Waals surface area contributed by atoms with Crippen molar-refractivity contribution >= 4 is 17.1 Å². The van der Waals surface area contributed by atoms with Gasteiger partial charge in [0.1, 0.15) is 0 Å². The van der Waals surface area contributed by atoms with E-state index >= 15 is 0 Å². The molecule has 0 spiro atoms. The van der Waals surface area contributed by atoms with Crippen LogP contribution in [0.1, 0.15) is 22.3 Å². The Kier molecular flexibility index (Phi) is 7.37. The molecule has 0 unspecified atom stereocenters. The molecule has 0 fully saturated rings. The fourth-order valence-electron chi connectivity index (χ4n) is 7.75. The van der Waals surface area contributed by atoms with E-state index in [1.165, 1.54) is 44.5 Å². The topological polar surface area (TPSA) is 29.0 Å². The third-order valence-electron chi connectivity index (χ3n) is 9.94. The molecule has 0 atom stereocenters. The zero-order valence-electron chi connectivity index (χ0n) is 27.4. The van der Waals surface area contributed by atoms with Crippen molar-refractivity contribution in [2.24, 2.45) is 0 Å². The van der Waals surface area contributed by atoms with Crippen LogP contribution in [0.3, 0.4) is 0 Å².